The molecule has 0 aromatic heterocycles. The zero-order valence-corrected chi connectivity index (χ0v) is 8.79. The van der Waals surface area contributed by atoms with Crippen molar-refractivity contribution in [3.8, 4) is 0 Å². The molecule has 14 heavy (non-hydrogen) atoms. The standard InChI is InChI=1S/C11H12ClNO/c1-13-6-9-4-8(5-12)2-3-10(9)11(13)7-14/h2-4,7,11H,5-6H2,1H3. The first-order chi connectivity index (χ1) is 6.76. The van der Waals surface area contributed by atoms with Gasteiger partial charge in [-0.25, -0.2) is 0 Å². The van der Waals surface area contributed by atoms with E-state index in [0.717, 1.165) is 24.0 Å². The largest absolute Gasteiger partial charge is 0.301 e. The van der Waals surface area contributed by atoms with Gasteiger partial charge in [0, 0.05) is 12.4 Å². The number of carbonyl (C=O) groups is 1. The smallest absolute Gasteiger partial charge is 0.141 e. The molecule has 3 heteroatoms. The Balaban J connectivity index is 2.42. The normalized spacial score (nSPS) is 20.9. The number of likely N-dealkylation sites (N-methyl/N-ethyl adjacent to an activating group) is 1. The predicted molar refractivity (Wildman–Crippen MR) is 56.3 cm³/mol. The molecule has 1 heterocycles. The Morgan fingerprint density at radius 1 is 1.64 bits per heavy atom. The molecule has 1 aromatic rings. The number of nitrogens with zero attached hydrogens (tertiary/aromatic N) is 1. The van der Waals surface area contributed by atoms with Crippen molar-refractivity contribution in [2.45, 2.75) is 18.5 Å². The Hall–Kier alpha value is -0.860. The molecule has 0 radical (unpaired) electrons. The number of rotatable bonds is 2. The van der Waals surface area contributed by atoms with Gasteiger partial charge in [0.05, 0.1) is 6.04 Å². The van der Waals surface area contributed by atoms with Gasteiger partial charge in [-0.3, -0.25) is 4.90 Å². The van der Waals surface area contributed by atoms with Crippen LogP contribution in [0.25, 0.3) is 0 Å². The molecule has 0 N–H and O–H groups in total. The van der Waals surface area contributed by atoms with Crippen LogP contribution >= 0.6 is 11.6 Å². The van der Waals surface area contributed by atoms with Gasteiger partial charge >= 0.3 is 0 Å². The third-order valence-electron chi connectivity index (χ3n) is 2.70. The Labute approximate surface area is 88.5 Å². The summed E-state index contributed by atoms with van der Waals surface area (Å²) in [7, 11) is 1.96. The number of aldehydes is 1. The fraction of sp³-hybridized carbons (Fsp3) is 0.364. The summed E-state index contributed by atoms with van der Waals surface area (Å²) in [5.74, 6) is 0.531. The molecular formula is C11H12ClNO. The van der Waals surface area contributed by atoms with E-state index in [4.69, 9.17) is 11.6 Å². The second kappa shape index (κ2) is 3.71. The van der Waals surface area contributed by atoms with E-state index in [1.807, 2.05) is 24.1 Å². The molecule has 2 rings (SSSR count). The second-order valence-corrected chi connectivity index (χ2v) is 3.93. The molecule has 1 atom stereocenters. The van der Waals surface area contributed by atoms with E-state index in [1.54, 1.807) is 0 Å². The number of hydrogen-bond donors (Lipinski definition) is 0. The Morgan fingerprint density at radius 3 is 3.07 bits per heavy atom. The van der Waals surface area contributed by atoms with Crippen LogP contribution in [-0.4, -0.2) is 18.2 Å². The van der Waals surface area contributed by atoms with Crippen LogP contribution < -0.4 is 0 Å². The van der Waals surface area contributed by atoms with Gasteiger partial charge in [-0.1, -0.05) is 18.2 Å². The van der Waals surface area contributed by atoms with Crippen LogP contribution in [0.5, 0.6) is 0 Å². The predicted octanol–water partition coefficient (Wildman–Crippen LogP) is 2.11. The van der Waals surface area contributed by atoms with E-state index >= 15 is 0 Å². The minimum absolute atomic E-state index is 0.0747. The molecule has 1 aliphatic heterocycles. The molecule has 74 valence electrons. The van der Waals surface area contributed by atoms with Gasteiger partial charge in [0.2, 0.25) is 0 Å². The fourth-order valence-corrected chi connectivity index (χ4v) is 2.12. The SMILES string of the molecule is CN1Cc2cc(CCl)ccc2C1C=O. The summed E-state index contributed by atoms with van der Waals surface area (Å²) in [6, 6.07) is 6.01. The Bertz CT molecular complexity index is 364. The Morgan fingerprint density at radius 2 is 2.43 bits per heavy atom. The number of carbonyl (C=O) groups excluding carboxylic acids is 1. The summed E-state index contributed by atoms with van der Waals surface area (Å²) in [6.45, 7) is 0.837. The molecule has 0 saturated heterocycles. The lowest BCUT2D eigenvalue weighted by Gasteiger charge is -2.12. The van der Waals surface area contributed by atoms with Crippen molar-refractivity contribution in [2.75, 3.05) is 7.05 Å². The molecule has 0 bridgehead atoms. The quantitative estimate of drug-likeness (QED) is 0.549. The lowest BCUT2D eigenvalue weighted by molar-refractivity contribution is -0.111. The van der Waals surface area contributed by atoms with Gasteiger partial charge in [-0.05, 0) is 23.7 Å². The van der Waals surface area contributed by atoms with E-state index in [1.165, 1.54) is 5.56 Å². The zero-order valence-electron chi connectivity index (χ0n) is 8.03. The summed E-state index contributed by atoms with van der Waals surface area (Å²) in [6.07, 6.45) is 0.992. The van der Waals surface area contributed by atoms with E-state index in [9.17, 15) is 4.79 Å². The maximum Gasteiger partial charge on any atom is 0.141 e. The van der Waals surface area contributed by atoms with Gasteiger partial charge in [0.1, 0.15) is 6.29 Å². The molecule has 2 nitrogen and oxygen atoms in total. The molecule has 1 unspecified atom stereocenters. The molecule has 0 aliphatic carbocycles. The topological polar surface area (TPSA) is 20.3 Å². The average molecular weight is 210 g/mol. The van der Waals surface area contributed by atoms with Crippen molar-refractivity contribution >= 4 is 17.9 Å². The molecule has 1 aliphatic rings. The van der Waals surface area contributed by atoms with E-state index in [0.29, 0.717) is 5.88 Å². The summed E-state index contributed by atoms with van der Waals surface area (Å²) < 4.78 is 0. The number of hydrogen-bond acceptors (Lipinski definition) is 2. The van der Waals surface area contributed by atoms with Crippen molar-refractivity contribution in [3.05, 3.63) is 34.9 Å². The number of halogens is 1. The molecule has 0 saturated carbocycles. The van der Waals surface area contributed by atoms with Crippen molar-refractivity contribution < 1.29 is 4.79 Å². The van der Waals surface area contributed by atoms with Gasteiger partial charge in [0.25, 0.3) is 0 Å². The highest BCUT2D eigenvalue weighted by molar-refractivity contribution is 6.17. The summed E-state index contributed by atoms with van der Waals surface area (Å²) in [5.41, 5.74) is 3.46. The maximum absolute atomic E-state index is 10.9. The lowest BCUT2D eigenvalue weighted by atomic mass is 10.0. The van der Waals surface area contributed by atoms with Crippen molar-refractivity contribution in [2.24, 2.45) is 0 Å². The first-order valence-corrected chi connectivity index (χ1v) is 5.13. The van der Waals surface area contributed by atoms with Gasteiger partial charge in [-0.15, -0.1) is 11.6 Å². The van der Waals surface area contributed by atoms with Crippen LogP contribution in [0.15, 0.2) is 18.2 Å². The monoisotopic (exact) mass is 209 g/mol. The Kier molecular flexibility index (Phi) is 2.57. The van der Waals surface area contributed by atoms with Gasteiger partial charge < -0.3 is 4.79 Å². The second-order valence-electron chi connectivity index (χ2n) is 3.66. The molecular weight excluding hydrogens is 198 g/mol. The highest BCUT2D eigenvalue weighted by Crippen LogP contribution is 2.31. The van der Waals surface area contributed by atoms with E-state index in [-0.39, 0.29) is 6.04 Å². The first-order valence-electron chi connectivity index (χ1n) is 4.59. The number of alkyl halides is 1. The zero-order chi connectivity index (χ0) is 10.1. The van der Waals surface area contributed by atoms with Crippen LogP contribution in [0, 0.1) is 0 Å². The third-order valence-corrected chi connectivity index (χ3v) is 3.01. The van der Waals surface area contributed by atoms with Gasteiger partial charge in [-0.2, -0.15) is 0 Å². The average Bonchev–Trinajstić information content (AvgIpc) is 2.51. The van der Waals surface area contributed by atoms with Crippen molar-refractivity contribution in [1.29, 1.82) is 0 Å². The minimum Gasteiger partial charge on any atom is -0.301 e. The maximum atomic E-state index is 10.9. The minimum atomic E-state index is -0.0747. The van der Waals surface area contributed by atoms with Crippen LogP contribution in [0.1, 0.15) is 22.7 Å². The van der Waals surface area contributed by atoms with E-state index < -0.39 is 0 Å². The molecule has 0 amide bonds. The highest BCUT2D eigenvalue weighted by Gasteiger charge is 2.26. The summed E-state index contributed by atoms with van der Waals surface area (Å²) in [4.78, 5) is 12.9. The van der Waals surface area contributed by atoms with Crippen LogP contribution in [0.3, 0.4) is 0 Å². The molecule has 0 spiro atoms. The number of benzene rings is 1. The fourth-order valence-electron chi connectivity index (χ4n) is 1.95. The van der Waals surface area contributed by atoms with Crippen LogP contribution in [0.4, 0.5) is 0 Å². The number of fused-ring (bicyclic) bond motifs is 1. The summed E-state index contributed by atoms with van der Waals surface area (Å²) >= 11 is 5.75. The van der Waals surface area contributed by atoms with Crippen molar-refractivity contribution in [3.63, 3.8) is 0 Å². The first kappa shape index (κ1) is 9.69. The van der Waals surface area contributed by atoms with Crippen LogP contribution in [0.2, 0.25) is 0 Å². The molecule has 0 fully saturated rings. The summed E-state index contributed by atoms with van der Waals surface area (Å²) in [5, 5.41) is 0. The van der Waals surface area contributed by atoms with E-state index in [2.05, 4.69) is 6.07 Å². The lowest BCUT2D eigenvalue weighted by Crippen LogP contribution is -2.17. The van der Waals surface area contributed by atoms with Gasteiger partial charge in [0.15, 0.2) is 0 Å². The molecule has 1 aromatic carbocycles. The van der Waals surface area contributed by atoms with Crippen molar-refractivity contribution in [1.82, 2.24) is 4.90 Å². The third kappa shape index (κ3) is 1.45. The highest BCUT2D eigenvalue weighted by atomic mass is 35.5. The van der Waals surface area contributed by atoms with Crippen LogP contribution in [-0.2, 0) is 17.2 Å².